The number of nitrogens with zero attached hydrogens (tertiary/aromatic N) is 2. The van der Waals surface area contributed by atoms with Crippen LogP contribution in [-0.2, 0) is 22.0 Å². The normalized spacial score (nSPS) is 17.4. The van der Waals surface area contributed by atoms with Gasteiger partial charge in [-0.05, 0) is 127 Å². The van der Waals surface area contributed by atoms with Crippen LogP contribution in [0.1, 0.15) is 35.2 Å². The molecule has 15 heteroatoms. The van der Waals surface area contributed by atoms with Crippen LogP contribution in [0, 0.1) is 5.92 Å². The van der Waals surface area contributed by atoms with Gasteiger partial charge in [-0.3, -0.25) is 14.4 Å². The smallest absolute Gasteiger partial charge is 0.394 e. The van der Waals surface area contributed by atoms with Crippen LogP contribution in [0.25, 0.3) is 11.1 Å². The molecule has 2 aliphatic rings. The second-order valence-electron chi connectivity index (χ2n) is 15.5. The lowest BCUT2D eigenvalue weighted by molar-refractivity contribution is -0.0529. The Hall–Kier alpha value is -4.02. The highest BCUT2D eigenvalue weighted by molar-refractivity contribution is 7.99. The monoisotopic (exact) mass is 922 g/mol. The van der Waals surface area contributed by atoms with E-state index in [0.717, 1.165) is 65.5 Å². The molecule has 0 aliphatic carbocycles. The second-order valence-corrected chi connectivity index (χ2v) is 19.3. The number of anilines is 2. The predicted octanol–water partition coefficient (Wildman–Crippen LogP) is 10.2. The van der Waals surface area contributed by atoms with Crippen molar-refractivity contribution in [2.24, 2.45) is 5.92 Å². The van der Waals surface area contributed by atoms with E-state index in [9.17, 15) is 27.3 Å². The number of carbonyl (C=O) groups is 1. The van der Waals surface area contributed by atoms with Gasteiger partial charge < -0.3 is 20.1 Å². The summed E-state index contributed by atoms with van der Waals surface area (Å²) in [5.74, 6) is 0.688. The van der Waals surface area contributed by atoms with Gasteiger partial charge in [-0.1, -0.05) is 66.2 Å². The van der Waals surface area contributed by atoms with Crippen LogP contribution in [0.4, 0.5) is 24.5 Å². The SMILES string of the molecule is O=C(NSc1ccc(NC(CCN2CCOC(CO)C2)CSc2ccccc2)c(S(=O)C(F)(F)F)c1)c1ccc(N2CCC(Cc3ccccc3-c3ccc(Cl)cc3)CC2)cc1. The molecule has 0 saturated carbocycles. The fraction of sp³-hybridized carbons (Fsp3) is 0.340. The summed E-state index contributed by atoms with van der Waals surface area (Å²) in [6.07, 6.45) is 3.37. The zero-order valence-corrected chi connectivity index (χ0v) is 37.3. The Morgan fingerprint density at radius 1 is 0.903 bits per heavy atom. The van der Waals surface area contributed by atoms with Gasteiger partial charge in [0.05, 0.1) is 29.9 Å². The molecule has 2 fully saturated rings. The molecular formula is C47H50ClF3N4O4S3. The lowest BCUT2D eigenvalue weighted by Crippen LogP contribution is -2.45. The highest BCUT2D eigenvalue weighted by atomic mass is 35.5. The summed E-state index contributed by atoms with van der Waals surface area (Å²) in [4.78, 5) is 18.7. The molecule has 5 aromatic rings. The first-order chi connectivity index (χ1) is 30.0. The fourth-order valence-corrected chi connectivity index (χ4v) is 10.5. The maximum absolute atomic E-state index is 14.1. The quantitative estimate of drug-likeness (QED) is 0.0623. The standard InChI is InChI=1S/C47H50ClF3N4O4S3/c48-37-14-10-34(11-15-37)43-9-5-4-6-36(43)28-33-20-24-55(25-21-33)39-16-12-35(13-17-39)46(57)53-61-42-18-19-44(45(29-42)62(58)47(49,50)51)52-38(32-60-41-7-2-1-3-8-41)22-23-54-26-27-59-40(30-54)31-56/h1-19,29,33,38,40,52,56H,20-28,30-32H2,(H,53,57). The molecule has 3 atom stereocenters. The molecule has 0 spiro atoms. The van der Waals surface area contributed by atoms with E-state index in [2.05, 4.69) is 56.2 Å². The number of morpholine rings is 1. The Balaban J connectivity index is 0.957. The number of halogens is 4. The lowest BCUT2D eigenvalue weighted by Gasteiger charge is -2.34. The minimum absolute atomic E-state index is 0.0874. The summed E-state index contributed by atoms with van der Waals surface area (Å²) in [6.45, 7) is 4.06. The molecule has 8 nitrogen and oxygen atoms in total. The van der Waals surface area contributed by atoms with Gasteiger partial charge in [-0.25, -0.2) is 4.21 Å². The van der Waals surface area contributed by atoms with Gasteiger partial charge in [-0.2, -0.15) is 13.2 Å². The van der Waals surface area contributed by atoms with Crippen molar-refractivity contribution in [3.8, 4) is 11.1 Å². The summed E-state index contributed by atoms with van der Waals surface area (Å²) in [7, 11) is -3.33. The number of alkyl halides is 3. The number of hydrogen-bond acceptors (Lipinski definition) is 9. The minimum atomic E-state index is -5.00. The Labute approximate surface area is 377 Å². The third-order valence-electron chi connectivity index (χ3n) is 11.2. The van der Waals surface area contributed by atoms with E-state index >= 15 is 0 Å². The first-order valence-corrected chi connectivity index (χ1v) is 24.0. The molecule has 3 N–H and O–H groups in total. The summed E-state index contributed by atoms with van der Waals surface area (Å²) < 4.78 is 63.5. The van der Waals surface area contributed by atoms with Crippen molar-refractivity contribution in [2.45, 2.75) is 58.0 Å². The molecule has 0 aromatic heterocycles. The molecule has 2 heterocycles. The van der Waals surface area contributed by atoms with Crippen molar-refractivity contribution in [1.82, 2.24) is 9.62 Å². The van der Waals surface area contributed by atoms with Crippen LogP contribution < -0.4 is 14.9 Å². The number of aliphatic hydroxyl groups is 1. The van der Waals surface area contributed by atoms with Crippen molar-refractivity contribution >= 4 is 63.4 Å². The lowest BCUT2D eigenvalue weighted by atomic mass is 9.87. The molecule has 3 unspecified atom stereocenters. The van der Waals surface area contributed by atoms with Crippen LogP contribution >= 0.6 is 35.3 Å². The predicted molar refractivity (Wildman–Crippen MR) is 247 cm³/mol. The highest BCUT2D eigenvalue weighted by Gasteiger charge is 2.39. The van der Waals surface area contributed by atoms with Gasteiger partial charge in [0.15, 0.2) is 10.8 Å². The first kappa shape index (κ1) is 46.0. The van der Waals surface area contributed by atoms with Crippen molar-refractivity contribution in [3.63, 3.8) is 0 Å². The van der Waals surface area contributed by atoms with E-state index in [0.29, 0.717) is 54.8 Å². The highest BCUT2D eigenvalue weighted by Crippen LogP contribution is 2.35. The Kier molecular flexibility index (Phi) is 16.4. The minimum Gasteiger partial charge on any atom is -0.394 e. The molecule has 2 saturated heterocycles. The average molecular weight is 924 g/mol. The van der Waals surface area contributed by atoms with Crippen molar-refractivity contribution in [1.29, 1.82) is 0 Å². The van der Waals surface area contributed by atoms with E-state index in [1.54, 1.807) is 30.0 Å². The van der Waals surface area contributed by atoms with Crippen LogP contribution in [-0.4, -0.2) is 89.5 Å². The number of amides is 1. The number of rotatable bonds is 17. The first-order valence-electron chi connectivity index (χ1n) is 20.7. The Morgan fingerprint density at radius 3 is 2.35 bits per heavy atom. The van der Waals surface area contributed by atoms with Gasteiger partial charge in [0.1, 0.15) is 0 Å². The number of aliphatic hydroxyl groups excluding tert-OH is 1. The van der Waals surface area contributed by atoms with Gasteiger partial charge >= 0.3 is 5.51 Å². The Morgan fingerprint density at radius 2 is 1.63 bits per heavy atom. The fourth-order valence-electron chi connectivity index (χ4n) is 7.83. The maximum atomic E-state index is 14.1. The van der Waals surface area contributed by atoms with Gasteiger partial charge in [0.2, 0.25) is 0 Å². The molecule has 0 bridgehead atoms. The molecule has 5 aromatic carbocycles. The maximum Gasteiger partial charge on any atom is 0.475 e. The molecule has 0 radical (unpaired) electrons. The largest absolute Gasteiger partial charge is 0.475 e. The zero-order chi connectivity index (χ0) is 43.5. The Bertz CT molecular complexity index is 2250. The number of carbonyl (C=O) groups excluding carboxylic acids is 1. The van der Waals surface area contributed by atoms with Crippen LogP contribution in [0.5, 0.6) is 0 Å². The van der Waals surface area contributed by atoms with E-state index in [-0.39, 0.29) is 24.4 Å². The number of piperidine rings is 1. The number of nitrogens with one attached hydrogen (secondary N) is 2. The summed E-state index contributed by atoms with van der Waals surface area (Å²) >= 11 is 8.59. The molecule has 62 heavy (non-hydrogen) atoms. The van der Waals surface area contributed by atoms with Crippen LogP contribution in [0.3, 0.4) is 0 Å². The third kappa shape index (κ3) is 12.8. The van der Waals surface area contributed by atoms with E-state index in [1.165, 1.54) is 23.3 Å². The van der Waals surface area contributed by atoms with Crippen LogP contribution in [0.2, 0.25) is 5.02 Å². The zero-order valence-electron chi connectivity index (χ0n) is 34.1. The molecule has 7 rings (SSSR count). The van der Waals surface area contributed by atoms with Gasteiger partial charge in [0.25, 0.3) is 5.91 Å². The molecule has 328 valence electrons. The summed E-state index contributed by atoms with van der Waals surface area (Å²) in [6, 6.07) is 37.7. The number of hydrogen-bond donors (Lipinski definition) is 3. The van der Waals surface area contributed by atoms with Crippen molar-refractivity contribution < 1.29 is 32.0 Å². The third-order valence-corrected chi connectivity index (χ3v) is 14.6. The van der Waals surface area contributed by atoms with Gasteiger partial charge in [-0.15, -0.1) is 11.8 Å². The molecule has 1 amide bonds. The molecular weight excluding hydrogens is 873 g/mol. The summed E-state index contributed by atoms with van der Waals surface area (Å²) in [5.41, 5.74) is 0.281. The van der Waals surface area contributed by atoms with Crippen molar-refractivity contribution in [2.75, 3.05) is 61.9 Å². The van der Waals surface area contributed by atoms with Crippen molar-refractivity contribution in [3.05, 3.63) is 137 Å². The van der Waals surface area contributed by atoms with Crippen LogP contribution in [0.15, 0.2) is 136 Å². The van der Waals surface area contributed by atoms with E-state index in [4.69, 9.17) is 16.3 Å². The van der Waals surface area contributed by atoms with E-state index < -0.39 is 27.1 Å². The molecule has 2 aliphatic heterocycles. The second kappa shape index (κ2) is 22.1. The topological polar surface area (TPSA) is 94.1 Å². The van der Waals surface area contributed by atoms with E-state index in [1.807, 2.05) is 54.6 Å². The van der Waals surface area contributed by atoms with Gasteiger partial charge in [0, 0.05) is 70.6 Å². The number of thioether (sulfide) groups is 1. The average Bonchev–Trinajstić information content (AvgIpc) is 3.30. The summed E-state index contributed by atoms with van der Waals surface area (Å²) in [5, 5.41) is 13.6. The number of benzene rings is 5. The number of ether oxygens (including phenoxy) is 1.